The number of hydrogen-bond donors (Lipinski definition) is 1. The Bertz CT molecular complexity index is 892. The molecule has 1 N–H and O–H groups in total. The van der Waals surface area contributed by atoms with E-state index < -0.39 is 5.66 Å². The topological polar surface area (TPSA) is 32.3 Å². The number of nitrogens with one attached hydrogen (secondary N) is 1. The smallest absolute Gasteiger partial charge is 0.258 e. The van der Waals surface area contributed by atoms with Gasteiger partial charge in [0.05, 0.1) is 5.56 Å². The van der Waals surface area contributed by atoms with Crippen LogP contribution in [0.15, 0.2) is 84.9 Å². The van der Waals surface area contributed by atoms with Crippen molar-refractivity contribution in [2.75, 3.05) is 5.32 Å². The van der Waals surface area contributed by atoms with Gasteiger partial charge in [0.25, 0.3) is 5.91 Å². The predicted octanol–water partition coefficient (Wildman–Crippen LogP) is 4.63. The maximum absolute atomic E-state index is 13.3. The average molecular weight is 328 g/mol. The fraction of sp³-hybridized carbons (Fsp3) is 0.136. The van der Waals surface area contributed by atoms with Gasteiger partial charge in [-0.2, -0.15) is 0 Å². The first-order chi connectivity index (χ1) is 12.2. The molecule has 3 nitrogen and oxygen atoms in total. The Morgan fingerprint density at radius 2 is 1.44 bits per heavy atom. The molecule has 1 aliphatic heterocycles. The van der Waals surface area contributed by atoms with E-state index in [1.165, 1.54) is 0 Å². The number of para-hydroxylation sites is 1. The summed E-state index contributed by atoms with van der Waals surface area (Å²) in [6, 6.07) is 28.0. The molecule has 4 rings (SSSR count). The van der Waals surface area contributed by atoms with E-state index in [-0.39, 0.29) is 5.91 Å². The molecule has 1 unspecified atom stereocenters. The van der Waals surface area contributed by atoms with E-state index in [1.54, 1.807) is 0 Å². The highest BCUT2D eigenvalue weighted by Gasteiger charge is 2.42. The number of rotatable bonds is 3. The summed E-state index contributed by atoms with van der Waals surface area (Å²) in [5.74, 6) is 0.0459. The van der Waals surface area contributed by atoms with Crippen molar-refractivity contribution in [3.8, 4) is 0 Å². The molecule has 0 saturated carbocycles. The lowest BCUT2D eigenvalue weighted by Gasteiger charge is -2.46. The summed E-state index contributed by atoms with van der Waals surface area (Å²) in [6.45, 7) is 2.62. The van der Waals surface area contributed by atoms with E-state index in [4.69, 9.17) is 0 Å². The quantitative estimate of drug-likeness (QED) is 0.760. The van der Waals surface area contributed by atoms with E-state index in [0.717, 1.165) is 16.8 Å². The summed E-state index contributed by atoms with van der Waals surface area (Å²) in [5, 5.41) is 3.60. The van der Waals surface area contributed by atoms with Gasteiger partial charge < -0.3 is 10.2 Å². The lowest BCUT2D eigenvalue weighted by atomic mass is 9.93. The van der Waals surface area contributed by atoms with Crippen LogP contribution in [0, 0.1) is 0 Å². The van der Waals surface area contributed by atoms with Crippen LogP contribution >= 0.6 is 0 Å². The Balaban J connectivity index is 1.83. The second kappa shape index (κ2) is 6.10. The van der Waals surface area contributed by atoms with Crippen molar-refractivity contribution in [3.63, 3.8) is 0 Å². The van der Waals surface area contributed by atoms with Crippen LogP contribution in [-0.2, 0) is 12.2 Å². The minimum atomic E-state index is -0.609. The summed E-state index contributed by atoms with van der Waals surface area (Å²) in [7, 11) is 0. The third-order valence-electron chi connectivity index (χ3n) is 4.84. The van der Waals surface area contributed by atoms with Crippen LogP contribution in [0.3, 0.4) is 0 Å². The van der Waals surface area contributed by atoms with Crippen molar-refractivity contribution in [3.05, 3.63) is 102 Å². The maximum Gasteiger partial charge on any atom is 0.258 e. The second-order valence-corrected chi connectivity index (χ2v) is 6.49. The van der Waals surface area contributed by atoms with Crippen LogP contribution in [0.25, 0.3) is 0 Å². The van der Waals surface area contributed by atoms with Gasteiger partial charge in [0, 0.05) is 12.2 Å². The number of anilines is 1. The van der Waals surface area contributed by atoms with Gasteiger partial charge in [0.15, 0.2) is 0 Å². The largest absolute Gasteiger partial charge is 0.358 e. The van der Waals surface area contributed by atoms with Gasteiger partial charge in [0.2, 0.25) is 0 Å². The summed E-state index contributed by atoms with van der Waals surface area (Å²) in [6.07, 6.45) is 0. The molecule has 1 aliphatic rings. The molecular weight excluding hydrogens is 308 g/mol. The van der Waals surface area contributed by atoms with E-state index in [1.807, 2.05) is 65.6 Å². The molecule has 0 aromatic heterocycles. The highest BCUT2D eigenvalue weighted by Crippen LogP contribution is 2.38. The SMILES string of the molecule is CC1(c2ccccc2)Nc2ccccc2C(=O)N1Cc1ccccc1. The third-order valence-corrected chi connectivity index (χ3v) is 4.84. The van der Waals surface area contributed by atoms with Crippen LogP contribution in [0.4, 0.5) is 5.69 Å². The van der Waals surface area contributed by atoms with Gasteiger partial charge in [-0.1, -0.05) is 72.8 Å². The summed E-state index contributed by atoms with van der Waals surface area (Å²) in [5.41, 5.74) is 3.16. The fourth-order valence-corrected chi connectivity index (χ4v) is 3.44. The first kappa shape index (κ1) is 15.5. The molecule has 3 aromatic rings. The first-order valence-corrected chi connectivity index (χ1v) is 8.47. The molecule has 3 aromatic carbocycles. The van der Waals surface area contributed by atoms with Gasteiger partial charge in [-0.05, 0) is 30.2 Å². The van der Waals surface area contributed by atoms with Crippen molar-refractivity contribution in [1.29, 1.82) is 0 Å². The molecule has 124 valence electrons. The predicted molar refractivity (Wildman–Crippen MR) is 100 cm³/mol. The Kier molecular flexibility index (Phi) is 3.77. The number of carbonyl (C=O) groups is 1. The zero-order valence-corrected chi connectivity index (χ0v) is 14.1. The summed E-state index contributed by atoms with van der Waals surface area (Å²) < 4.78 is 0. The number of nitrogens with zero attached hydrogens (tertiary/aromatic N) is 1. The molecular formula is C22H20N2O. The molecule has 0 spiro atoms. The fourth-order valence-electron chi connectivity index (χ4n) is 3.44. The van der Waals surface area contributed by atoms with Gasteiger partial charge in [-0.15, -0.1) is 0 Å². The molecule has 0 bridgehead atoms. The molecule has 1 heterocycles. The van der Waals surface area contributed by atoms with Crippen molar-refractivity contribution in [2.45, 2.75) is 19.1 Å². The van der Waals surface area contributed by atoms with E-state index in [0.29, 0.717) is 12.1 Å². The molecule has 25 heavy (non-hydrogen) atoms. The van der Waals surface area contributed by atoms with Crippen molar-refractivity contribution in [2.24, 2.45) is 0 Å². The van der Waals surface area contributed by atoms with E-state index in [9.17, 15) is 4.79 Å². The van der Waals surface area contributed by atoms with Crippen LogP contribution in [0.2, 0.25) is 0 Å². The highest BCUT2D eigenvalue weighted by molar-refractivity contribution is 6.02. The Labute approximate surface area is 147 Å². The minimum Gasteiger partial charge on any atom is -0.358 e. The lowest BCUT2D eigenvalue weighted by molar-refractivity contribution is 0.0509. The minimum absolute atomic E-state index is 0.0459. The summed E-state index contributed by atoms with van der Waals surface area (Å²) in [4.78, 5) is 15.2. The number of carbonyl (C=O) groups excluding carboxylic acids is 1. The number of hydrogen-bond acceptors (Lipinski definition) is 2. The zero-order valence-electron chi connectivity index (χ0n) is 14.1. The van der Waals surface area contributed by atoms with E-state index in [2.05, 4.69) is 36.5 Å². The zero-order chi connectivity index (χ0) is 17.3. The molecule has 0 aliphatic carbocycles. The average Bonchev–Trinajstić information content (AvgIpc) is 2.67. The highest BCUT2D eigenvalue weighted by atomic mass is 16.2. The summed E-state index contributed by atoms with van der Waals surface area (Å²) >= 11 is 0. The van der Waals surface area contributed by atoms with Crippen LogP contribution in [0.5, 0.6) is 0 Å². The Morgan fingerprint density at radius 1 is 0.840 bits per heavy atom. The van der Waals surface area contributed by atoms with Crippen LogP contribution in [0.1, 0.15) is 28.4 Å². The van der Waals surface area contributed by atoms with Crippen molar-refractivity contribution in [1.82, 2.24) is 4.90 Å². The van der Waals surface area contributed by atoms with Crippen LogP contribution in [-0.4, -0.2) is 10.8 Å². The molecule has 0 saturated heterocycles. The molecule has 0 radical (unpaired) electrons. The standard InChI is InChI=1S/C22H20N2O/c1-22(18-12-6-3-7-13-18)23-20-15-9-8-14-19(20)21(25)24(22)16-17-10-4-2-5-11-17/h2-15,23H,16H2,1H3. The number of fused-ring (bicyclic) bond motifs is 1. The van der Waals surface area contributed by atoms with Crippen molar-refractivity contribution >= 4 is 11.6 Å². The van der Waals surface area contributed by atoms with E-state index >= 15 is 0 Å². The molecule has 1 atom stereocenters. The molecule has 1 amide bonds. The Morgan fingerprint density at radius 3 is 2.16 bits per heavy atom. The second-order valence-electron chi connectivity index (χ2n) is 6.49. The van der Waals surface area contributed by atoms with Crippen LogP contribution < -0.4 is 5.32 Å². The normalized spacial score (nSPS) is 19.2. The number of benzene rings is 3. The molecule has 3 heteroatoms. The first-order valence-electron chi connectivity index (χ1n) is 8.47. The Hall–Kier alpha value is -3.07. The van der Waals surface area contributed by atoms with Gasteiger partial charge in [-0.3, -0.25) is 4.79 Å². The number of amides is 1. The van der Waals surface area contributed by atoms with Gasteiger partial charge in [-0.25, -0.2) is 0 Å². The monoisotopic (exact) mass is 328 g/mol. The lowest BCUT2D eigenvalue weighted by Crippen LogP contribution is -2.55. The van der Waals surface area contributed by atoms with Gasteiger partial charge >= 0.3 is 0 Å². The maximum atomic E-state index is 13.3. The van der Waals surface area contributed by atoms with Crippen molar-refractivity contribution < 1.29 is 4.79 Å². The third kappa shape index (κ3) is 2.68. The molecule has 0 fully saturated rings. The van der Waals surface area contributed by atoms with Gasteiger partial charge in [0.1, 0.15) is 5.66 Å².